The molecular weight excluding hydrogens is 257 g/mol. The number of fused-ring (bicyclic) bond motifs is 1. The third kappa shape index (κ3) is 1.66. The molecule has 2 rings (SSSR count). The second-order valence-corrected chi connectivity index (χ2v) is 4.61. The molecule has 0 saturated heterocycles. The molecule has 0 bridgehead atoms. The molecule has 3 nitrogen and oxygen atoms in total. The van der Waals surface area contributed by atoms with E-state index in [4.69, 9.17) is 5.11 Å². The monoisotopic (exact) mass is 268 g/mol. The summed E-state index contributed by atoms with van der Waals surface area (Å²) in [6, 6.07) is 5.79. The molecule has 77 valence electrons. The standard InChI is InChI=1S/C11H10NO2Se/c1-11(10(13)14)6-5-7-3-2-4-8(15)9(7)12-11/h2-6,12H,1H3,(H,13,14). The van der Waals surface area contributed by atoms with Gasteiger partial charge in [-0.25, -0.2) is 0 Å². The summed E-state index contributed by atoms with van der Waals surface area (Å²) in [5.74, 6) is -0.882. The van der Waals surface area contributed by atoms with E-state index in [9.17, 15) is 4.79 Å². The Labute approximate surface area is 96.0 Å². The zero-order valence-electron chi connectivity index (χ0n) is 8.15. The average molecular weight is 267 g/mol. The normalized spacial score (nSPS) is 23.0. The minimum atomic E-state index is -1.02. The van der Waals surface area contributed by atoms with Gasteiger partial charge in [0.1, 0.15) is 0 Å². The first-order valence-electron chi connectivity index (χ1n) is 4.54. The summed E-state index contributed by atoms with van der Waals surface area (Å²) in [6.45, 7) is 1.64. The third-order valence-corrected chi connectivity index (χ3v) is 3.20. The van der Waals surface area contributed by atoms with E-state index in [0.717, 1.165) is 15.7 Å². The van der Waals surface area contributed by atoms with Gasteiger partial charge < -0.3 is 0 Å². The molecule has 1 radical (unpaired) electrons. The van der Waals surface area contributed by atoms with Crippen molar-refractivity contribution in [2.75, 3.05) is 5.32 Å². The van der Waals surface area contributed by atoms with Gasteiger partial charge in [-0.3, -0.25) is 0 Å². The van der Waals surface area contributed by atoms with Crippen molar-refractivity contribution in [1.29, 1.82) is 0 Å². The number of benzene rings is 1. The van der Waals surface area contributed by atoms with Gasteiger partial charge in [0.05, 0.1) is 0 Å². The zero-order chi connectivity index (χ0) is 11.1. The van der Waals surface area contributed by atoms with Gasteiger partial charge in [0, 0.05) is 0 Å². The number of hydrogen-bond donors (Lipinski definition) is 2. The number of rotatable bonds is 1. The van der Waals surface area contributed by atoms with Crippen molar-refractivity contribution in [2.24, 2.45) is 0 Å². The first-order valence-corrected chi connectivity index (χ1v) is 5.39. The Morgan fingerprint density at radius 2 is 2.27 bits per heavy atom. The van der Waals surface area contributed by atoms with Crippen LogP contribution in [0.25, 0.3) is 6.08 Å². The van der Waals surface area contributed by atoms with Crippen molar-refractivity contribution in [3.8, 4) is 0 Å². The molecule has 0 fully saturated rings. The molecule has 1 aliphatic heterocycles. The van der Waals surface area contributed by atoms with Gasteiger partial charge in [-0.2, -0.15) is 0 Å². The zero-order valence-corrected chi connectivity index (χ0v) is 9.86. The van der Waals surface area contributed by atoms with E-state index in [2.05, 4.69) is 21.3 Å². The summed E-state index contributed by atoms with van der Waals surface area (Å²) in [7, 11) is 0. The fourth-order valence-electron chi connectivity index (χ4n) is 1.50. The molecule has 1 heterocycles. The predicted molar refractivity (Wildman–Crippen MR) is 60.5 cm³/mol. The number of aliphatic carboxylic acids is 1. The van der Waals surface area contributed by atoms with Gasteiger partial charge in [-0.05, 0) is 0 Å². The molecule has 2 N–H and O–H groups in total. The van der Waals surface area contributed by atoms with Crippen LogP contribution in [0.15, 0.2) is 24.3 Å². The second-order valence-electron chi connectivity index (χ2n) is 3.69. The molecule has 15 heavy (non-hydrogen) atoms. The molecule has 0 aliphatic carbocycles. The van der Waals surface area contributed by atoms with Crippen LogP contribution in [0.3, 0.4) is 0 Å². The van der Waals surface area contributed by atoms with Crippen molar-refractivity contribution in [1.82, 2.24) is 0 Å². The summed E-state index contributed by atoms with van der Waals surface area (Å²) in [5, 5.41) is 12.1. The molecular formula is C11H10NO2Se. The van der Waals surface area contributed by atoms with Crippen LogP contribution in [0.2, 0.25) is 0 Å². The number of carboxylic acid groups (broad SMARTS) is 1. The molecule has 1 unspecified atom stereocenters. The predicted octanol–water partition coefficient (Wildman–Crippen LogP) is 0.762. The topological polar surface area (TPSA) is 49.3 Å². The van der Waals surface area contributed by atoms with Crippen molar-refractivity contribution >= 4 is 38.2 Å². The Kier molecular flexibility index (Phi) is 2.33. The molecule has 1 aliphatic rings. The summed E-state index contributed by atoms with van der Waals surface area (Å²) < 4.78 is 0.935. The van der Waals surface area contributed by atoms with E-state index in [1.54, 1.807) is 13.0 Å². The summed E-state index contributed by atoms with van der Waals surface area (Å²) >= 11 is 2.92. The van der Waals surface area contributed by atoms with E-state index in [-0.39, 0.29) is 0 Å². The van der Waals surface area contributed by atoms with Crippen LogP contribution in [0.4, 0.5) is 5.69 Å². The van der Waals surface area contributed by atoms with Crippen LogP contribution in [0, 0.1) is 0 Å². The Morgan fingerprint density at radius 1 is 1.53 bits per heavy atom. The maximum atomic E-state index is 11.1. The molecule has 1 atom stereocenters. The number of carbonyl (C=O) groups is 1. The summed E-state index contributed by atoms with van der Waals surface area (Å²) in [5.41, 5.74) is 0.835. The van der Waals surface area contributed by atoms with E-state index in [0.29, 0.717) is 0 Å². The Morgan fingerprint density at radius 3 is 2.93 bits per heavy atom. The number of nitrogens with one attached hydrogen (secondary N) is 1. The first kappa shape index (κ1) is 10.3. The number of hydrogen-bond acceptors (Lipinski definition) is 2. The van der Waals surface area contributed by atoms with E-state index < -0.39 is 11.5 Å². The van der Waals surface area contributed by atoms with Crippen molar-refractivity contribution < 1.29 is 9.90 Å². The van der Waals surface area contributed by atoms with Crippen molar-refractivity contribution in [3.63, 3.8) is 0 Å². The summed E-state index contributed by atoms with van der Waals surface area (Å²) in [4.78, 5) is 11.1. The first-order chi connectivity index (χ1) is 7.03. The van der Waals surface area contributed by atoms with Gasteiger partial charge in [-0.1, -0.05) is 0 Å². The molecule has 0 saturated carbocycles. The van der Waals surface area contributed by atoms with Crippen LogP contribution in [0.1, 0.15) is 12.5 Å². The quantitative estimate of drug-likeness (QED) is 0.739. The van der Waals surface area contributed by atoms with E-state index >= 15 is 0 Å². The molecule has 0 spiro atoms. The van der Waals surface area contributed by atoms with Crippen LogP contribution in [-0.4, -0.2) is 32.6 Å². The average Bonchev–Trinajstić information content (AvgIpc) is 2.19. The number of para-hydroxylation sites is 1. The molecule has 0 amide bonds. The third-order valence-electron chi connectivity index (χ3n) is 2.48. The SMILES string of the molecule is CC1(C(=O)O)C=Cc2cccc([Se])c2N1. The fraction of sp³-hybridized carbons (Fsp3) is 0.182. The molecule has 1 aromatic rings. The van der Waals surface area contributed by atoms with E-state index in [1.807, 2.05) is 24.3 Å². The van der Waals surface area contributed by atoms with Gasteiger partial charge in [0.2, 0.25) is 0 Å². The van der Waals surface area contributed by atoms with Crippen molar-refractivity contribution in [2.45, 2.75) is 12.5 Å². The second kappa shape index (κ2) is 3.40. The molecule has 0 aromatic heterocycles. The number of carboxylic acids is 1. The van der Waals surface area contributed by atoms with E-state index in [1.165, 1.54) is 0 Å². The molecule has 1 aromatic carbocycles. The maximum absolute atomic E-state index is 11.1. The number of anilines is 1. The minimum absolute atomic E-state index is 0.852. The van der Waals surface area contributed by atoms with Crippen LogP contribution in [0.5, 0.6) is 0 Å². The van der Waals surface area contributed by atoms with Gasteiger partial charge in [-0.15, -0.1) is 0 Å². The van der Waals surface area contributed by atoms with Crippen LogP contribution >= 0.6 is 0 Å². The Hall–Kier alpha value is -1.25. The molecule has 4 heteroatoms. The Balaban J connectivity index is 2.50. The van der Waals surface area contributed by atoms with Crippen LogP contribution < -0.4 is 9.78 Å². The fourth-order valence-corrected chi connectivity index (χ4v) is 2.02. The van der Waals surface area contributed by atoms with Gasteiger partial charge in [0.25, 0.3) is 0 Å². The van der Waals surface area contributed by atoms with Crippen LogP contribution in [-0.2, 0) is 4.79 Å². The Bertz CT molecular complexity index is 456. The summed E-state index contributed by atoms with van der Waals surface area (Å²) in [6.07, 6.45) is 3.50. The van der Waals surface area contributed by atoms with Gasteiger partial charge >= 0.3 is 95.7 Å². The van der Waals surface area contributed by atoms with Gasteiger partial charge in [0.15, 0.2) is 0 Å². The van der Waals surface area contributed by atoms with Crippen molar-refractivity contribution in [3.05, 3.63) is 29.8 Å².